The van der Waals surface area contributed by atoms with Gasteiger partial charge in [-0.3, -0.25) is 24.2 Å². The Hall–Kier alpha value is -4.68. The molecule has 4 aromatic heterocycles. The summed E-state index contributed by atoms with van der Waals surface area (Å²) < 4.78 is 28.5. The van der Waals surface area contributed by atoms with Gasteiger partial charge in [0.05, 0.1) is 30.6 Å². The third-order valence-corrected chi connectivity index (χ3v) is 5.65. The fraction of sp³-hybridized carbons (Fsp3) is 0.308. The van der Waals surface area contributed by atoms with E-state index in [1.165, 1.54) is 24.5 Å². The van der Waals surface area contributed by atoms with Crippen LogP contribution in [0.4, 0.5) is 14.6 Å². The molecule has 11 nitrogen and oxygen atoms in total. The van der Waals surface area contributed by atoms with Crippen LogP contribution in [0.5, 0.6) is 0 Å². The largest absolute Gasteiger partial charge is 0.345 e. The maximum atomic E-state index is 13.5. The van der Waals surface area contributed by atoms with Gasteiger partial charge in [0.2, 0.25) is 5.91 Å². The molecule has 4 rings (SSSR count). The number of unbranched alkanes of at least 4 members (excludes halogenated alkanes) is 1. The molecule has 0 fully saturated rings. The van der Waals surface area contributed by atoms with Crippen molar-refractivity contribution in [2.24, 2.45) is 0 Å². The number of hydrogen-bond acceptors (Lipinski definition) is 8. The number of pyridine rings is 2. The zero-order valence-electron chi connectivity index (χ0n) is 21.2. The Morgan fingerprint density at radius 1 is 0.949 bits per heavy atom. The van der Waals surface area contributed by atoms with Crippen LogP contribution >= 0.6 is 0 Å². The van der Waals surface area contributed by atoms with Gasteiger partial charge in [-0.25, -0.2) is 8.78 Å². The first-order valence-electron chi connectivity index (χ1n) is 12.3. The number of carbonyl (C=O) groups is 2. The van der Waals surface area contributed by atoms with Crippen LogP contribution in [0.15, 0.2) is 61.1 Å². The zero-order chi connectivity index (χ0) is 27.7. The molecule has 39 heavy (non-hydrogen) atoms. The number of nitrogens with zero attached hydrogens (tertiary/aromatic N) is 7. The molecule has 0 aliphatic rings. The molecule has 13 heteroatoms. The molecule has 2 N–H and O–H groups in total. The van der Waals surface area contributed by atoms with E-state index in [0.29, 0.717) is 30.2 Å². The average Bonchev–Trinajstić information content (AvgIpc) is 3.40. The summed E-state index contributed by atoms with van der Waals surface area (Å²) in [5, 5.41) is 21.4. The predicted molar refractivity (Wildman–Crippen MR) is 137 cm³/mol. The molecule has 0 bridgehead atoms. The summed E-state index contributed by atoms with van der Waals surface area (Å²) >= 11 is 0. The fourth-order valence-electron chi connectivity index (χ4n) is 3.62. The summed E-state index contributed by atoms with van der Waals surface area (Å²) in [6.07, 6.45) is 6.84. The number of anilines is 1. The predicted octanol–water partition coefficient (Wildman–Crippen LogP) is 3.10. The van der Waals surface area contributed by atoms with Gasteiger partial charge >= 0.3 is 0 Å². The minimum Gasteiger partial charge on any atom is -0.345 e. The molecule has 0 aliphatic heterocycles. The van der Waals surface area contributed by atoms with Crippen molar-refractivity contribution in [2.45, 2.75) is 51.6 Å². The number of rotatable bonds is 12. The number of aromatic nitrogens is 7. The first-order valence-corrected chi connectivity index (χ1v) is 12.3. The van der Waals surface area contributed by atoms with Crippen LogP contribution in [0, 0.1) is 0 Å². The zero-order valence-corrected chi connectivity index (χ0v) is 21.2. The van der Waals surface area contributed by atoms with E-state index < -0.39 is 11.8 Å². The monoisotopic (exact) mass is 535 g/mol. The Labute approximate surface area is 223 Å². The van der Waals surface area contributed by atoms with Crippen LogP contribution in [-0.2, 0) is 36.6 Å². The van der Waals surface area contributed by atoms with Crippen LogP contribution in [0.1, 0.15) is 52.9 Å². The number of nitrogens with one attached hydrogen (secondary N) is 2. The van der Waals surface area contributed by atoms with E-state index in [1.54, 1.807) is 29.1 Å². The molecule has 4 heterocycles. The van der Waals surface area contributed by atoms with Gasteiger partial charge in [-0.05, 0) is 55.7 Å². The van der Waals surface area contributed by atoms with Crippen molar-refractivity contribution in [3.05, 3.63) is 89.4 Å². The highest BCUT2D eigenvalue weighted by molar-refractivity contribution is 5.92. The second-order valence-electron chi connectivity index (χ2n) is 8.89. The van der Waals surface area contributed by atoms with Crippen molar-refractivity contribution in [1.29, 1.82) is 0 Å². The Bertz CT molecular complexity index is 1390. The lowest BCUT2D eigenvalue weighted by atomic mass is 10.1. The number of amides is 2. The highest BCUT2D eigenvalue weighted by Crippen LogP contribution is 2.26. The van der Waals surface area contributed by atoms with Crippen LogP contribution in [0.2, 0.25) is 0 Å². The first kappa shape index (κ1) is 27.4. The van der Waals surface area contributed by atoms with Gasteiger partial charge in [0, 0.05) is 37.1 Å². The maximum Gasteiger partial charge on any atom is 0.273 e. The summed E-state index contributed by atoms with van der Waals surface area (Å²) in [7, 11) is 0. The summed E-state index contributed by atoms with van der Waals surface area (Å²) in [6.45, 7) is 1.34. The molecule has 0 saturated carbocycles. The maximum absolute atomic E-state index is 13.5. The minimum atomic E-state index is -2.99. The second-order valence-corrected chi connectivity index (χ2v) is 8.89. The first-order chi connectivity index (χ1) is 18.8. The molecule has 0 atom stereocenters. The summed E-state index contributed by atoms with van der Waals surface area (Å²) in [6, 6.07) is 11.4. The van der Waals surface area contributed by atoms with Crippen molar-refractivity contribution in [2.75, 3.05) is 5.32 Å². The van der Waals surface area contributed by atoms with Crippen LogP contribution in [0.25, 0.3) is 0 Å². The molecule has 0 radical (unpaired) electrons. The normalized spacial score (nSPS) is 11.3. The Kier molecular flexibility index (Phi) is 8.92. The smallest absolute Gasteiger partial charge is 0.273 e. The van der Waals surface area contributed by atoms with E-state index >= 15 is 0 Å². The number of hydrogen-bond donors (Lipinski definition) is 2. The van der Waals surface area contributed by atoms with E-state index in [1.807, 2.05) is 12.1 Å². The number of halogens is 2. The van der Waals surface area contributed by atoms with Crippen molar-refractivity contribution in [3.63, 3.8) is 0 Å². The van der Waals surface area contributed by atoms with E-state index in [4.69, 9.17) is 0 Å². The van der Waals surface area contributed by atoms with Gasteiger partial charge < -0.3 is 10.6 Å². The van der Waals surface area contributed by atoms with Gasteiger partial charge in [0.25, 0.3) is 11.8 Å². The van der Waals surface area contributed by atoms with Crippen molar-refractivity contribution < 1.29 is 18.4 Å². The van der Waals surface area contributed by atoms with Gasteiger partial charge in [0.1, 0.15) is 0 Å². The van der Waals surface area contributed by atoms with E-state index in [0.717, 1.165) is 25.5 Å². The second kappa shape index (κ2) is 12.7. The molecule has 202 valence electrons. The van der Waals surface area contributed by atoms with E-state index in [-0.39, 0.29) is 30.1 Å². The van der Waals surface area contributed by atoms with Crippen LogP contribution in [-0.4, -0.2) is 47.0 Å². The average molecular weight is 536 g/mol. The van der Waals surface area contributed by atoms with E-state index in [2.05, 4.69) is 41.1 Å². The number of aryl methyl sites for hydroxylation is 2. The SMILES string of the molecule is CC(F)(F)c1ccnc(CNC(=O)c2cn(CCCCc3ccc(NC(=O)Cc4ccccn4)nn3)nn2)c1. The van der Waals surface area contributed by atoms with Gasteiger partial charge in [0.15, 0.2) is 11.5 Å². The third-order valence-electron chi connectivity index (χ3n) is 5.65. The van der Waals surface area contributed by atoms with E-state index in [9.17, 15) is 18.4 Å². The summed E-state index contributed by atoms with van der Waals surface area (Å²) in [4.78, 5) is 32.6. The number of carbonyl (C=O) groups excluding carboxylic acids is 2. The van der Waals surface area contributed by atoms with Crippen LogP contribution < -0.4 is 10.6 Å². The van der Waals surface area contributed by atoms with Crippen molar-refractivity contribution >= 4 is 17.6 Å². The van der Waals surface area contributed by atoms with Crippen molar-refractivity contribution in [3.8, 4) is 0 Å². The molecule has 4 aromatic rings. The Morgan fingerprint density at radius 3 is 2.54 bits per heavy atom. The fourth-order valence-corrected chi connectivity index (χ4v) is 3.62. The lowest BCUT2D eigenvalue weighted by Crippen LogP contribution is -2.24. The molecule has 0 aliphatic carbocycles. The lowest BCUT2D eigenvalue weighted by molar-refractivity contribution is -0.115. The molecule has 0 spiro atoms. The summed E-state index contributed by atoms with van der Waals surface area (Å²) in [5.74, 6) is -3.30. The van der Waals surface area contributed by atoms with Gasteiger partial charge in [-0.15, -0.1) is 10.2 Å². The highest BCUT2D eigenvalue weighted by Gasteiger charge is 2.24. The van der Waals surface area contributed by atoms with Gasteiger partial charge in [-0.1, -0.05) is 11.3 Å². The highest BCUT2D eigenvalue weighted by atomic mass is 19.3. The molecular formula is C26H27F2N9O2. The molecule has 0 aromatic carbocycles. The standard InChI is InChI=1S/C26H27F2N9O2/c1-26(27,28)18-10-12-30-21(14-18)16-31-25(39)22-17-37(36-34-22)13-5-3-6-19-8-9-23(35-33-19)32-24(38)15-20-7-2-4-11-29-20/h2,4,7-12,14,17H,3,5-6,13,15-16H2,1H3,(H,31,39)(H,32,35,38). The molecule has 0 unspecified atom stereocenters. The Morgan fingerprint density at radius 2 is 1.79 bits per heavy atom. The molecular weight excluding hydrogens is 508 g/mol. The van der Waals surface area contributed by atoms with Crippen LogP contribution in [0.3, 0.4) is 0 Å². The third kappa shape index (κ3) is 8.42. The number of alkyl halides is 2. The van der Waals surface area contributed by atoms with Crippen molar-refractivity contribution in [1.82, 2.24) is 40.5 Å². The molecule has 2 amide bonds. The quantitative estimate of drug-likeness (QED) is 0.264. The topological polar surface area (TPSA) is 140 Å². The lowest BCUT2D eigenvalue weighted by Gasteiger charge is -2.11. The Balaban J connectivity index is 1.16. The van der Waals surface area contributed by atoms with Gasteiger partial charge in [-0.2, -0.15) is 5.10 Å². The molecule has 0 saturated heterocycles. The minimum absolute atomic E-state index is 0.0106. The summed E-state index contributed by atoms with van der Waals surface area (Å²) in [5.41, 5.74) is 1.73.